The van der Waals surface area contributed by atoms with E-state index in [2.05, 4.69) is 15.0 Å². The van der Waals surface area contributed by atoms with E-state index in [4.69, 9.17) is 15.5 Å². The Morgan fingerprint density at radius 3 is 2.60 bits per heavy atom. The fourth-order valence-electron chi connectivity index (χ4n) is 2.84. The first-order chi connectivity index (χ1) is 12.1. The zero-order chi connectivity index (χ0) is 17.4. The number of hydrogen-bond donors (Lipinski definition) is 1. The maximum absolute atomic E-state index is 11.9. The predicted molar refractivity (Wildman–Crippen MR) is 92.3 cm³/mol. The van der Waals surface area contributed by atoms with Gasteiger partial charge in [0.15, 0.2) is 5.65 Å². The normalized spacial score (nSPS) is 14.8. The highest BCUT2D eigenvalue weighted by Crippen LogP contribution is 2.28. The molecule has 1 aliphatic rings. The molecule has 3 aromatic rings. The maximum Gasteiger partial charge on any atom is 0.229 e. The molecule has 0 amide bonds. The third kappa shape index (κ3) is 2.78. The second-order valence-electron chi connectivity index (χ2n) is 5.74. The van der Waals surface area contributed by atoms with E-state index >= 15 is 0 Å². The van der Waals surface area contributed by atoms with Crippen LogP contribution in [0.3, 0.4) is 0 Å². The number of carbonyl (C=O) groups is 1. The predicted octanol–water partition coefficient (Wildman–Crippen LogP) is 0.967. The highest BCUT2D eigenvalue weighted by molar-refractivity contribution is 5.97. The molecule has 2 N–H and O–H groups in total. The van der Waals surface area contributed by atoms with Crippen molar-refractivity contribution in [1.29, 1.82) is 0 Å². The molecule has 1 fully saturated rings. The number of carbonyl (C=O) groups excluding carboxylic acids is 1. The first kappa shape index (κ1) is 15.5. The molecule has 0 unspecified atom stereocenters. The Kier molecular flexibility index (Phi) is 3.77. The van der Waals surface area contributed by atoms with Crippen molar-refractivity contribution in [3.63, 3.8) is 0 Å². The molecule has 1 aliphatic heterocycles. The number of morpholine rings is 1. The Morgan fingerprint density at radius 2 is 1.92 bits per heavy atom. The minimum Gasteiger partial charge on any atom is -0.378 e. The topological polar surface area (TPSA) is 112 Å². The van der Waals surface area contributed by atoms with Crippen LogP contribution in [0.25, 0.3) is 22.3 Å². The van der Waals surface area contributed by atoms with Crippen molar-refractivity contribution >= 4 is 28.8 Å². The molecule has 0 bridgehead atoms. The number of nitrogen functional groups attached to an aromatic ring is 1. The first-order valence-electron chi connectivity index (χ1n) is 7.94. The fraction of sp³-hybridized carbons (Fsp3) is 0.312. The SMILES string of the molecule is CC(=O)n1ccc2c(-c3cnc(N)nc3)nc(N3CCOCC3)nc21. The molecule has 4 rings (SSSR count). The van der Waals surface area contributed by atoms with Crippen molar-refractivity contribution in [2.24, 2.45) is 0 Å². The van der Waals surface area contributed by atoms with Gasteiger partial charge in [0.2, 0.25) is 17.8 Å². The third-order valence-electron chi connectivity index (χ3n) is 4.11. The molecule has 0 aromatic carbocycles. The summed E-state index contributed by atoms with van der Waals surface area (Å²) in [4.78, 5) is 31.4. The van der Waals surface area contributed by atoms with E-state index in [0.29, 0.717) is 43.6 Å². The quantitative estimate of drug-likeness (QED) is 0.735. The molecule has 9 heteroatoms. The molecule has 128 valence electrons. The van der Waals surface area contributed by atoms with E-state index in [0.717, 1.165) is 10.9 Å². The van der Waals surface area contributed by atoms with Gasteiger partial charge < -0.3 is 15.4 Å². The van der Waals surface area contributed by atoms with Crippen molar-refractivity contribution < 1.29 is 9.53 Å². The van der Waals surface area contributed by atoms with Crippen molar-refractivity contribution in [3.8, 4) is 11.3 Å². The van der Waals surface area contributed by atoms with E-state index in [1.54, 1.807) is 18.6 Å². The van der Waals surface area contributed by atoms with Crippen LogP contribution >= 0.6 is 0 Å². The smallest absolute Gasteiger partial charge is 0.229 e. The van der Waals surface area contributed by atoms with Gasteiger partial charge in [0.25, 0.3) is 0 Å². The van der Waals surface area contributed by atoms with Gasteiger partial charge in [0.05, 0.1) is 18.9 Å². The molecule has 0 spiro atoms. The van der Waals surface area contributed by atoms with Crippen LogP contribution in [0, 0.1) is 0 Å². The summed E-state index contributed by atoms with van der Waals surface area (Å²) in [7, 11) is 0. The largest absolute Gasteiger partial charge is 0.378 e. The number of rotatable bonds is 2. The highest BCUT2D eigenvalue weighted by Gasteiger charge is 2.20. The molecular formula is C16H17N7O2. The van der Waals surface area contributed by atoms with Crippen LogP contribution in [0.4, 0.5) is 11.9 Å². The number of hydrogen-bond acceptors (Lipinski definition) is 8. The van der Waals surface area contributed by atoms with E-state index in [9.17, 15) is 4.79 Å². The molecule has 25 heavy (non-hydrogen) atoms. The van der Waals surface area contributed by atoms with Gasteiger partial charge in [0.1, 0.15) is 0 Å². The molecule has 3 aromatic heterocycles. The van der Waals surface area contributed by atoms with E-state index in [-0.39, 0.29) is 11.9 Å². The number of nitrogens with zero attached hydrogens (tertiary/aromatic N) is 6. The summed E-state index contributed by atoms with van der Waals surface area (Å²) in [5, 5.41) is 0.764. The van der Waals surface area contributed by atoms with Crippen molar-refractivity contribution in [3.05, 3.63) is 24.7 Å². The van der Waals surface area contributed by atoms with Gasteiger partial charge in [-0.25, -0.2) is 15.0 Å². The number of anilines is 2. The Morgan fingerprint density at radius 1 is 1.20 bits per heavy atom. The highest BCUT2D eigenvalue weighted by atomic mass is 16.5. The van der Waals surface area contributed by atoms with Gasteiger partial charge >= 0.3 is 0 Å². The van der Waals surface area contributed by atoms with Gasteiger partial charge in [0, 0.05) is 49.6 Å². The maximum atomic E-state index is 11.9. The lowest BCUT2D eigenvalue weighted by Gasteiger charge is -2.27. The summed E-state index contributed by atoms with van der Waals surface area (Å²) in [5.41, 5.74) is 7.54. The lowest BCUT2D eigenvalue weighted by atomic mass is 10.2. The minimum absolute atomic E-state index is 0.110. The molecule has 9 nitrogen and oxygen atoms in total. The standard InChI is InChI=1S/C16H17N7O2/c1-10(24)23-3-2-12-13(11-8-18-15(17)19-9-11)20-16(21-14(12)23)22-4-6-25-7-5-22/h2-3,8-9H,4-7H2,1H3,(H2,17,18,19). The molecule has 0 radical (unpaired) electrons. The van der Waals surface area contributed by atoms with Crippen molar-refractivity contribution in [1.82, 2.24) is 24.5 Å². The van der Waals surface area contributed by atoms with Crippen LogP contribution in [0.1, 0.15) is 11.7 Å². The van der Waals surface area contributed by atoms with Gasteiger partial charge in [-0.2, -0.15) is 4.98 Å². The van der Waals surface area contributed by atoms with Crippen LogP contribution in [0.5, 0.6) is 0 Å². The Labute approximate surface area is 143 Å². The van der Waals surface area contributed by atoms with E-state index < -0.39 is 0 Å². The number of nitrogens with two attached hydrogens (primary N) is 1. The second-order valence-corrected chi connectivity index (χ2v) is 5.74. The van der Waals surface area contributed by atoms with Crippen molar-refractivity contribution in [2.75, 3.05) is 36.9 Å². The summed E-state index contributed by atoms with van der Waals surface area (Å²) in [6, 6.07) is 1.82. The van der Waals surface area contributed by atoms with Gasteiger partial charge in [-0.15, -0.1) is 0 Å². The summed E-state index contributed by atoms with van der Waals surface area (Å²) < 4.78 is 6.91. The number of fused-ring (bicyclic) bond motifs is 1. The van der Waals surface area contributed by atoms with E-state index in [1.807, 2.05) is 11.0 Å². The average molecular weight is 339 g/mol. The molecule has 0 aliphatic carbocycles. The summed E-state index contributed by atoms with van der Waals surface area (Å²) >= 11 is 0. The zero-order valence-electron chi connectivity index (χ0n) is 13.7. The Bertz CT molecular complexity index is 930. The Balaban J connectivity index is 1.92. The first-order valence-corrected chi connectivity index (χ1v) is 7.94. The average Bonchev–Trinajstić information content (AvgIpc) is 3.07. The van der Waals surface area contributed by atoms with Crippen LogP contribution < -0.4 is 10.6 Å². The molecule has 1 saturated heterocycles. The molecule has 0 saturated carbocycles. The molecular weight excluding hydrogens is 322 g/mol. The molecule has 0 atom stereocenters. The Hall–Kier alpha value is -3.07. The second kappa shape index (κ2) is 6.10. The zero-order valence-corrected chi connectivity index (χ0v) is 13.7. The summed E-state index contributed by atoms with van der Waals surface area (Å²) in [6.45, 7) is 4.14. The van der Waals surface area contributed by atoms with Crippen LogP contribution in [0.2, 0.25) is 0 Å². The lowest BCUT2D eigenvalue weighted by Crippen LogP contribution is -2.37. The lowest BCUT2D eigenvalue weighted by molar-refractivity contribution is 0.0941. The summed E-state index contributed by atoms with van der Waals surface area (Å²) in [5.74, 6) is 0.647. The summed E-state index contributed by atoms with van der Waals surface area (Å²) in [6.07, 6.45) is 4.95. The van der Waals surface area contributed by atoms with Crippen LogP contribution in [-0.4, -0.2) is 56.7 Å². The number of ether oxygens (including phenoxy) is 1. The fourth-order valence-corrected chi connectivity index (χ4v) is 2.84. The van der Waals surface area contributed by atoms with Crippen LogP contribution in [0.15, 0.2) is 24.7 Å². The minimum atomic E-state index is -0.110. The monoisotopic (exact) mass is 339 g/mol. The van der Waals surface area contributed by atoms with Gasteiger partial charge in [-0.3, -0.25) is 9.36 Å². The van der Waals surface area contributed by atoms with Gasteiger partial charge in [-0.05, 0) is 6.07 Å². The van der Waals surface area contributed by atoms with E-state index in [1.165, 1.54) is 11.5 Å². The van der Waals surface area contributed by atoms with Crippen molar-refractivity contribution in [2.45, 2.75) is 6.92 Å². The third-order valence-corrected chi connectivity index (χ3v) is 4.11. The number of aromatic nitrogens is 5. The molecule has 4 heterocycles. The van der Waals surface area contributed by atoms with Crippen LogP contribution in [-0.2, 0) is 4.74 Å². The van der Waals surface area contributed by atoms with Gasteiger partial charge in [-0.1, -0.05) is 0 Å².